The van der Waals surface area contributed by atoms with Crippen molar-refractivity contribution < 1.29 is 4.74 Å². The number of nitrogens with one attached hydrogen (secondary N) is 1. The van der Waals surface area contributed by atoms with Crippen LogP contribution in [0.25, 0.3) is 0 Å². The Morgan fingerprint density at radius 1 is 1.58 bits per heavy atom. The molecule has 1 aliphatic heterocycles. The molecule has 0 bridgehead atoms. The molecule has 5 heteroatoms. The highest BCUT2D eigenvalue weighted by molar-refractivity contribution is 6.30. The van der Waals surface area contributed by atoms with Crippen LogP contribution in [0, 0.1) is 12.8 Å². The summed E-state index contributed by atoms with van der Waals surface area (Å²) in [6.45, 7) is 6.91. The Hall–Kier alpha value is -0.580. The van der Waals surface area contributed by atoms with E-state index in [2.05, 4.69) is 17.3 Å². The van der Waals surface area contributed by atoms with Crippen LogP contribution in [0.2, 0.25) is 5.15 Å². The molecule has 1 N–H and O–H groups in total. The Kier molecular flexibility index (Phi) is 5.25. The van der Waals surface area contributed by atoms with E-state index < -0.39 is 0 Å². The minimum absolute atomic E-state index is 0.422. The first-order valence-corrected chi connectivity index (χ1v) is 7.50. The smallest absolute Gasteiger partial charge is 0.130 e. The Bertz CT molecular complexity index is 413. The lowest BCUT2D eigenvalue weighted by molar-refractivity contribution is 0.0395. The second kappa shape index (κ2) is 6.73. The lowest BCUT2D eigenvalue weighted by Gasteiger charge is -2.31. The number of nitrogens with zero attached hydrogens (tertiary/aromatic N) is 2. The number of ether oxygens (including phenoxy) is 1. The van der Waals surface area contributed by atoms with E-state index in [0.717, 1.165) is 43.4 Å². The van der Waals surface area contributed by atoms with Crippen molar-refractivity contribution in [3.63, 3.8) is 0 Å². The van der Waals surface area contributed by atoms with Crippen molar-refractivity contribution in [1.82, 2.24) is 15.1 Å². The van der Waals surface area contributed by atoms with Gasteiger partial charge >= 0.3 is 0 Å². The summed E-state index contributed by atoms with van der Waals surface area (Å²) in [5.41, 5.74) is 2.20. The van der Waals surface area contributed by atoms with Crippen LogP contribution in [0.15, 0.2) is 0 Å². The molecule has 2 unspecified atom stereocenters. The Balaban J connectivity index is 2.11. The van der Waals surface area contributed by atoms with Crippen molar-refractivity contribution in [1.29, 1.82) is 0 Å². The number of aryl methyl sites for hydroxylation is 2. The molecule has 2 rings (SSSR count). The maximum atomic E-state index is 6.34. The van der Waals surface area contributed by atoms with Gasteiger partial charge in [-0.3, -0.25) is 4.68 Å². The molecule has 19 heavy (non-hydrogen) atoms. The Morgan fingerprint density at radius 3 is 2.89 bits per heavy atom. The quantitative estimate of drug-likeness (QED) is 0.902. The summed E-state index contributed by atoms with van der Waals surface area (Å²) in [5, 5.41) is 8.74. The Labute approximate surface area is 120 Å². The van der Waals surface area contributed by atoms with Crippen LogP contribution in [0.1, 0.15) is 31.0 Å². The van der Waals surface area contributed by atoms with E-state index in [1.54, 1.807) is 4.68 Å². The molecule has 1 aromatic heterocycles. The summed E-state index contributed by atoms with van der Waals surface area (Å²) >= 11 is 6.34. The first-order valence-electron chi connectivity index (χ1n) is 7.12. The van der Waals surface area contributed by atoms with Gasteiger partial charge < -0.3 is 10.1 Å². The number of hydrogen-bond acceptors (Lipinski definition) is 3. The van der Waals surface area contributed by atoms with E-state index in [0.29, 0.717) is 12.0 Å². The number of halogens is 1. The zero-order chi connectivity index (χ0) is 13.8. The highest BCUT2D eigenvalue weighted by Crippen LogP contribution is 2.25. The summed E-state index contributed by atoms with van der Waals surface area (Å²) in [4.78, 5) is 0. The SMILES string of the molecule is CCNC(Cc1c(C)nn(C)c1Cl)C1CCCOC1. The van der Waals surface area contributed by atoms with Gasteiger partial charge in [-0.15, -0.1) is 0 Å². The van der Waals surface area contributed by atoms with Gasteiger partial charge in [0.05, 0.1) is 12.3 Å². The van der Waals surface area contributed by atoms with E-state index in [1.807, 2.05) is 14.0 Å². The predicted octanol–water partition coefficient (Wildman–Crippen LogP) is 2.33. The second-order valence-corrected chi connectivity index (χ2v) is 5.68. The van der Waals surface area contributed by atoms with Crippen LogP contribution < -0.4 is 5.32 Å². The third kappa shape index (κ3) is 3.50. The molecule has 0 aromatic carbocycles. The molecule has 0 amide bonds. The third-order valence-electron chi connectivity index (χ3n) is 3.92. The van der Waals surface area contributed by atoms with E-state index in [4.69, 9.17) is 16.3 Å². The highest BCUT2D eigenvalue weighted by Gasteiger charge is 2.26. The van der Waals surface area contributed by atoms with Gasteiger partial charge in [0.25, 0.3) is 0 Å². The fourth-order valence-corrected chi connectivity index (χ4v) is 3.13. The van der Waals surface area contributed by atoms with Crippen molar-refractivity contribution in [2.75, 3.05) is 19.8 Å². The third-order valence-corrected chi connectivity index (χ3v) is 4.40. The first-order chi connectivity index (χ1) is 9.13. The average Bonchev–Trinajstić information content (AvgIpc) is 2.65. The maximum Gasteiger partial charge on any atom is 0.130 e. The minimum Gasteiger partial charge on any atom is -0.381 e. The molecule has 2 heterocycles. The zero-order valence-electron chi connectivity index (χ0n) is 12.1. The summed E-state index contributed by atoms with van der Waals surface area (Å²) < 4.78 is 7.38. The van der Waals surface area contributed by atoms with E-state index in [9.17, 15) is 0 Å². The molecule has 0 spiro atoms. The van der Waals surface area contributed by atoms with Crippen molar-refractivity contribution in [2.45, 2.75) is 39.2 Å². The van der Waals surface area contributed by atoms with Crippen LogP contribution in [0.5, 0.6) is 0 Å². The summed E-state index contributed by atoms with van der Waals surface area (Å²) in [5.74, 6) is 0.573. The maximum absolute atomic E-state index is 6.34. The summed E-state index contributed by atoms with van der Waals surface area (Å²) in [6, 6.07) is 0.422. The molecule has 108 valence electrons. The molecule has 0 aliphatic carbocycles. The van der Waals surface area contributed by atoms with Gasteiger partial charge in [0.15, 0.2) is 0 Å². The molecule has 0 saturated carbocycles. The molecular weight excluding hydrogens is 262 g/mol. The molecule has 0 radical (unpaired) electrons. The monoisotopic (exact) mass is 285 g/mol. The van der Waals surface area contributed by atoms with E-state index in [1.165, 1.54) is 12.0 Å². The van der Waals surface area contributed by atoms with Gasteiger partial charge in [0, 0.05) is 25.3 Å². The van der Waals surface area contributed by atoms with Gasteiger partial charge in [0.2, 0.25) is 0 Å². The van der Waals surface area contributed by atoms with Crippen LogP contribution in [0.4, 0.5) is 0 Å². The largest absolute Gasteiger partial charge is 0.381 e. The predicted molar refractivity (Wildman–Crippen MR) is 77.7 cm³/mol. The highest BCUT2D eigenvalue weighted by atomic mass is 35.5. The van der Waals surface area contributed by atoms with Crippen LogP contribution in [-0.4, -0.2) is 35.6 Å². The summed E-state index contributed by atoms with van der Waals surface area (Å²) in [7, 11) is 1.89. The molecule has 1 aromatic rings. The molecule has 1 fully saturated rings. The van der Waals surface area contributed by atoms with Crippen molar-refractivity contribution >= 4 is 11.6 Å². The van der Waals surface area contributed by atoms with Gasteiger partial charge in [-0.05, 0) is 38.6 Å². The number of aromatic nitrogens is 2. The van der Waals surface area contributed by atoms with Crippen molar-refractivity contribution in [3.8, 4) is 0 Å². The van der Waals surface area contributed by atoms with E-state index >= 15 is 0 Å². The van der Waals surface area contributed by atoms with Gasteiger partial charge in [-0.2, -0.15) is 5.10 Å². The number of likely N-dealkylation sites (N-methyl/N-ethyl adjacent to an activating group) is 1. The van der Waals surface area contributed by atoms with Crippen LogP contribution in [0.3, 0.4) is 0 Å². The normalized spacial score (nSPS) is 21.6. The standard InChI is InChI=1S/C14H24ClN3O/c1-4-16-13(11-6-5-7-19-9-11)8-12-10(2)17-18(3)14(12)15/h11,13,16H,4-9H2,1-3H3. The molecule has 2 atom stereocenters. The fraction of sp³-hybridized carbons (Fsp3) is 0.786. The van der Waals surface area contributed by atoms with E-state index in [-0.39, 0.29) is 0 Å². The molecule has 1 saturated heterocycles. The van der Waals surface area contributed by atoms with Gasteiger partial charge in [-0.1, -0.05) is 18.5 Å². The number of hydrogen-bond donors (Lipinski definition) is 1. The lowest BCUT2D eigenvalue weighted by Crippen LogP contribution is -2.41. The van der Waals surface area contributed by atoms with Crippen LogP contribution >= 0.6 is 11.6 Å². The average molecular weight is 286 g/mol. The number of rotatable bonds is 5. The van der Waals surface area contributed by atoms with Crippen molar-refractivity contribution in [2.24, 2.45) is 13.0 Å². The molecular formula is C14H24ClN3O. The summed E-state index contributed by atoms with van der Waals surface area (Å²) in [6.07, 6.45) is 3.32. The lowest BCUT2D eigenvalue weighted by atomic mass is 9.89. The fourth-order valence-electron chi connectivity index (χ4n) is 2.88. The zero-order valence-corrected chi connectivity index (χ0v) is 12.8. The molecule has 4 nitrogen and oxygen atoms in total. The minimum atomic E-state index is 0.422. The molecule has 1 aliphatic rings. The van der Waals surface area contributed by atoms with Gasteiger partial charge in [0.1, 0.15) is 5.15 Å². The van der Waals surface area contributed by atoms with Crippen LogP contribution in [-0.2, 0) is 18.2 Å². The Morgan fingerprint density at radius 2 is 2.37 bits per heavy atom. The topological polar surface area (TPSA) is 39.1 Å². The second-order valence-electron chi connectivity index (χ2n) is 5.32. The van der Waals surface area contributed by atoms with Gasteiger partial charge in [-0.25, -0.2) is 0 Å². The first kappa shape index (κ1) is 14.8. The van der Waals surface area contributed by atoms with Crippen molar-refractivity contribution in [3.05, 3.63) is 16.4 Å².